The van der Waals surface area contributed by atoms with Crippen molar-refractivity contribution in [1.82, 2.24) is 20.0 Å². The molecule has 8 heteroatoms. The molecule has 0 unspecified atom stereocenters. The van der Waals surface area contributed by atoms with Crippen LogP contribution < -0.4 is 5.32 Å². The van der Waals surface area contributed by atoms with Crippen LogP contribution in [0.1, 0.15) is 16.1 Å². The summed E-state index contributed by atoms with van der Waals surface area (Å²) < 4.78 is 6.60. The van der Waals surface area contributed by atoms with Gasteiger partial charge in [0.25, 0.3) is 5.91 Å². The number of hydrogen-bond acceptors (Lipinski definition) is 4. The Labute approximate surface area is 121 Å². The summed E-state index contributed by atoms with van der Waals surface area (Å²) in [4.78, 5) is 25.6. The predicted octanol–water partition coefficient (Wildman–Crippen LogP) is -0.0295. The van der Waals surface area contributed by atoms with Crippen LogP contribution in [0.15, 0.2) is 0 Å². The first-order valence-electron chi connectivity index (χ1n) is 6.33. The topological polar surface area (TPSA) is 76.5 Å². The SMILES string of the molecule is Cc1nn(C)c(Cl)c1C(=O)NCC(=O)N1CCOCC1. The third kappa shape index (κ3) is 3.10. The molecule has 2 rings (SSSR count). The fourth-order valence-corrected chi connectivity index (χ4v) is 2.32. The minimum absolute atomic E-state index is 0.0521. The Morgan fingerprint density at radius 1 is 1.40 bits per heavy atom. The summed E-state index contributed by atoms with van der Waals surface area (Å²) in [5.74, 6) is -0.512. The molecule has 0 aromatic carbocycles. The lowest BCUT2D eigenvalue weighted by molar-refractivity contribution is -0.134. The number of amides is 2. The molecular weight excluding hydrogens is 284 g/mol. The maximum atomic E-state index is 12.0. The summed E-state index contributed by atoms with van der Waals surface area (Å²) in [6, 6.07) is 0. The van der Waals surface area contributed by atoms with Gasteiger partial charge in [-0.15, -0.1) is 0 Å². The first-order valence-corrected chi connectivity index (χ1v) is 6.71. The van der Waals surface area contributed by atoms with Gasteiger partial charge < -0.3 is 15.0 Å². The summed E-state index contributed by atoms with van der Waals surface area (Å²) >= 11 is 6.00. The lowest BCUT2D eigenvalue weighted by Gasteiger charge is -2.26. The van der Waals surface area contributed by atoms with Crippen molar-refractivity contribution in [3.8, 4) is 0 Å². The molecule has 1 saturated heterocycles. The van der Waals surface area contributed by atoms with Crippen LogP contribution in [0.25, 0.3) is 0 Å². The molecule has 1 N–H and O–H groups in total. The van der Waals surface area contributed by atoms with E-state index in [1.807, 2.05) is 0 Å². The normalized spacial score (nSPS) is 15.2. The lowest BCUT2D eigenvalue weighted by atomic mass is 10.2. The first kappa shape index (κ1) is 14.8. The van der Waals surface area contributed by atoms with Crippen LogP contribution in [0.5, 0.6) is 0 Å². The molecule has 110 valence electrons. The molecule has 2 heterocycles. The van der Waals surface area contributed by atoms with Crippen LogP contribution in [0, 0.1) is 6.92 Å². The van der Waals surface area contributed by atoms with E-state index < -0.39 is 0 Å². The van der Waals surface area contributed by atoms with E-state index in [0.717, 1.165) is 0 Å². The van der Waals surface area contributed by atoms with Crippen LogP contribution in [-0.4, -0.2) is 59.3 Å². The van der Waals surface area contributed by atoms with Crippen LogP contribution in [0.3, 0.4) is 0 Å². The minimum atomic E-state index is -0.387. The maximum Gasteiger partial charge on any atom is 0.256 e. The highest BCUT2D eigenvalue weighted by molar-refractivity contribution is 6.33. The number of halogens is 1. The lowest BCUT2D eigenvalue weighted by Crippen LogP contribution is -2.45. The number of rotatable bonds is 3. The number of aromatic nitrogens is 2. The molecule has 0 spiro atoms. The number of nitrogens with zero attached hydrogens (tertiary/aromatic N) is 3. The average molecular weight is 301 g/mol. The summed E-state index contributed by atoms with van der Waals surface area (Å²) in [7, 11) is 1.66. The van der Waals surface area contributed by atoms with Gasteiger partial charge in [0.2, 0.25) is 5.91 Å². The fourth-order valence-electron chi connectivity index (χ4n) is 2.06. The molecule has 2 amide bonds. The molecule has 0 atom stereocenters. The zero-order valence-corrected chi connectivity index (χ0v) is 12.2. The molecule has 1 aliphatic heterocycles. The van der Waals surface area contributed by atoms with Crippen LogP contribution in [0.4, 0.5) is 0 Å². The van der Waals surface area contributed by atoms with Crippen molar-refractivity contribution in [2.45, 2.75) is 6.92 Å². The zero-order chi connectivity index (χ0) is 14.7. The Hall–Kier alpha value is -1.60. The number of carbonyl (C=O) groups is 2. The molecule has 1 aromatic rings. The first-order chi connectivity index (χ1) is 9.50. The molecule has 0 radical (unpaired) electrons. The summed E-state index contributed by atoms with van der Waals surface area (Å²) in [6.45, 7) is 3.83. The van der Waals surface area contributed by atoms with E-state index in [0.29, 0.717) is 37.6 Å². The van der Waals surface area contributed by atoms with Crippen molar-refractivity contribution in [1.29, 1.82) is 0 Å². The highest BCUT2D eigenvalue weighted by Gasteiger charge is 2.21. The minimum Gasteiger partial charge on any atom is -0.378 e. The van der Waals surface area contributed by atoms with Gasteiger partial charge in [-0.2, -0.15) is 5.10 Å². The summed E-state index contributed by atoms with van der Waals surface area (Å²) in [6.07, 6.45) is 0. The van der Waals surface area contributed by atoms with Crippen LogP contribution >= 0.6 is 11.6 Å². The Balaban J connectivity index is 1.93. The Morgan fingerprint density at radius 3 is 2.60 bits per heavy atom. The number of ether oxygens (including phenoxy) is 1. The second-order valence-electron chi connectivity index (χ2n) is 4.55. The van der Waals surface area contributed by atoms with Crippen molar-refractivity contribution in [3.63, 3.8) is 0 Å². The molecule has 7 nitrogen and oxygen atoms in total. The van der Waals surface area contributed by atoms with Crippen LogP contribution in [-0.2, 0) is 16.6 Å². The fraction of sp³-hybridized carbons (Fsp3) is 0.583. The van der Waals surface area contributed by atoms with Gasteiger partial charge in [0.1, 0.15) is 5.15 Å². The Kier molecular flexibility index (Phi) is 4.61. The molecule has 20 heavy (non-hydrogen) atoms. The standard InChI is InChI=1S/C12H17ClN4O3/c1-8-10(11(13)16(2)15-8)12(19)14-7-9(18)17-3-5-20-6-4-17/h3-7H2,1-2H3,(H,14,19). The van der Waals surface area contributed by atoms with Gasteiger partial charge in [0.05, 0.1) is 31.0 Å². The molecule has 0 saturated carbocycles. The summed E-state index contributed by atoms with van der Waals surface area (Å²) in [5.41, 5.74) is 0.845. The van der Waals surface area contributed by atoms with Crippen molar-refractivity contribution < 1.29 is 14.3 Å². The Morgan fingerprint density at radius 2 is 2.05 bits per heavy atom. The van der Waals surface area contributed by atoms with Gasteiger partial charge in [0.15, 0.2) is 0 Å². The quantitative estimate of drug-likeness (QED) is 0.850. The second-order valence-corrected chi connectivity index (χ2v) is 4.91. The van der Waals surface area contributed by atoms with E-state index in [2.05, 4.69) is 10.4 Å². The highest BCUT2D eigenvalue weighted by Crippen LogP contribution is 2.18. The number of aryl methyl sites for hydroxylation is 2. The number of carbonyl (C=O) groups excluding carboxylic acids is 2. The second kappa shape index (κ2) is 6.23. The van der Waals surface area contributed by atoms with E-state index in [4.69, 9.17) is 16.3 Å². The zero-order valence-electron chi connectivity index (χ0n) is 11.5. The van der Waals surface area contributed by atoms with Crippen molar-refractivity contribution in [3.05, 3.63) is 16.4 Å². The van der Waals surface area contributed by atoms with Crippen molar-refractivity contribution in [2.75, 3.05) is 32.8 Å². The van der Waals surface area contributed by atoms with Gasteiger partial charge in [0, 0.05) is 20.1 Å². The number of morpholine rings is 1. The van der Waals surface area contributed by atoms with Gasteiger partial charge in [-0.1, -0.05) is 11.6 Å². The molecule has 1 fully saturated rings. The van der Waals surface area contributed by atoms with E-state index in [-0.39, 0.29) is 23.5 Å². The van der Waals surface area contributed by atoms with E-state index >= 15 is 0 Å². The average Bonchev–Trinajstić information content (AvgIpc) is 2.70. The third-order valence-corrected chi connectivity index (χ3v) is 3.58. The molecule has 0 aliphatic carbocycles. The van der Waals surface area contributed by atoms with E-state index in [1.165, 1.54) is 4.68 Å². The highest BCUT2D eigenvalue weighted by atomic mass is 35.5. The summed E-state index contributed by atoms with van der Waals surface area (Å²) in [5, 5.41) is 6.91. The largest absolute Gasteiger partial charge is 0.378 e. The van der Waals surface area contributed by atoms with E-state index in [1.54, 1.807) is 18.9 Å². The van der Waals surface area contributed by atoms with Gasteiger partial charge >= 0.3 is 0 Å². The molecule has 1 aromatic heterocycles. The third-order valence-electron chi connectivity index (χ3n) is 3.14. The molecular formula is C12H17ClN4O3. The monoisotopic (exact) mass is 300 g/mol. The van der Waals surface area contributed by atoms with Gasteiger partial charge in [-0.25, -0.2) is 0 Å². The Bertz CT molecular complexity index is 523. The van der Waals surface area contributed by atoms with Crippen LogP contribution in [0.2, 0.25) is 5.15 Å². The van der Waals surface area contributed by atoms with Gasteiger partial charge in [-0.3, -0.25) is 14.3 Å². The number of hydrogen-bond donors (Lipinski definition) is 1. The van der Waals surface area contributed by atoms with E-state index in [9.17, 15) is 9.59 Å². The van der Waals surface area contributed by atoms with Crippen molar-refractivity contribution >= 4 is 23.4 Å². The van der Waals surface area contributed by atoms with Crippen molar-refractivity contribution in [2.24, 2.45) is 7.05 Å². The molecule has 1 aliphatic rings. The smallest absolute Gasteiger partial charge is 0.256 e. The predicted molar refractivity (Wildman–Crippen MR) is 72.7 cm³/mol. The maximum absolute atomic E-state index is 12.0. The van der Waals surface area contributed by atoms with Gasteiger partial charge in [-0.05, 0) is 6.92 Å². The number of nitrogens with one attached hydrogen (secondary N) is 1. The molecule has 0 bridgehead atoms.